The lowest BCUT2D eigenvalue weighted by Gasteiger charge is -2.22. The van der Waals surface area contributed by atoms with E-state index in [1.165, 1.54) is 12.1 Å². The van der Waals surface area contributed by atoms with Crippen molar-refractivity contribution < 1.29 is 18.4 Å². The van der Waals surface area contributed by atoms with Gasteiger partial charge in [0.1, 0.15) is 17.5 Å². The number of rotatable bonds is 4. The van der Waals surface area contributed by atoms with Crippen LogP contribution in [-0.4, -0.2) is 21.8 Å². The number of benzene rings is 2. The first-order valence-electron chi connectivity index (χ1n) is 8.46. The highest BCUT2D eigenvalue weighted by molar-refractivity contribution is 5.69. The molecule has 6 nitrogen and oxygen atoms in total. The van der Waals surface area contributed by atoms with Gasteiger partial charge in [-0.2, -0.15) is 4.98 Å². The van der Waals surface area contributed by atoms with Crippen molar-refractivity contribution in [3.63, 3.8) is 0 Å². The molecule has 1 heterocycles. The van der Waals surface area contributed by atoms with E-state index in [0.29, 0.717) is 5.56 Å². The van der Waals surface area contributed by atoms with Gasteiger partial charge in [0.2, 0.25) is 5.82 Å². The molecule has 1 unspecified atom stereocenters. The Hall–Kier alpha value is -3.22. The molecule has 1 aromatic heterocycles. The summed E-state index contributed by atoms with van der Waals surface area (Å²) in [6.45, 7) is 5.33. The molecule has 3 rings (SSSR count). The highest BCUT2D eigenvalue weighted by atomic mass is 19.1. The third kappa shape index (κ3) is 4.91. The number of amides is 1. The van der Waals surface area contributed by atoms with E-state index in [0.717, 1.165) is 5.56 Å². The third-order valence-electron chi connectivity index (χ3n) is 3.57. The predicted molar refractivity (Wildman–Crippen MR) is 97.3 cm³/mol. The van der Waals surface area contributed by atoms with Gasteiger partial charge in [-0.3, -0.25) is 0 Å². The second-order valence-corrected chi connectivity index (χ2v) is 6.96. The zero-order valence-corrected chi connectivity index (χ0v) is 15.3. The molecule has 0 aliphatic heterocycles. The first-order chi connectivity index (χ1) is 12.8. The van der Waals surface area contributed by atoms with Crippen LogP contribution in [0.15, 0.2) is 59.1 Å². The highest BCUT2D eigenvalue weighted by Gasteiger charge is 2.26. The zero-order valence-electron chi connectivity index (χ0n) is 15.3. The quantitative estimate of drug-likeness (QED) is 0.733. The van der Waals surface area contributed by atoms with E-state index in [9.17, 15) is 9.18 Å². The van der Waals surface area contributed by atoms with Crippen LogP contribution in [0.4, 0.5) is 9.18 Å². The Balaban J connectivity index is 1.91. The molecule has 0 fully saturated rings. The Morgan fingerprint density at radius 1 is 1.15 bits per heavy atom. The fraction of sp³-hybridized carbons (Fsp3) is 0.250. The van der Waals surface area contributed by atoms with E-state index in [1.54, 1.807) is 32.9 Å². The molecule has 7 heteroatoms. The maximum Gasteiger partial charge on any atom is 0.408 e. The highest BCUT2D eigenvalue weighted by Crippen LogP contribution is 2.24. The van der Waals surface area contributed by atoms with Crippen LogP contribution in [-0.2, 0) is 4.74 Å². The Labute approximate surface area is 156 Å². The molecule has 0 aliphatic rings. The van der Waals surface area contributed by atoms with Gasteiger partial charge in [0.05, 0.1) is 0 Å². The minimum absolute atomic E-state index is 0.173. The van der Waals surface area contributed by atoms with Gasteiger partial charge in [-0.1, -0.05) is 47.6 Å². The number of halogens is 1. The van der Waals surface area contributed by atoms with Crippen LogP contribution in [0.5, 0.6) is 0 Å². The van der Waals surface area contributed by atoms with Crippen molar-refractivity contribution in [2.45, 2.75) is 32.4 Å². The molecular formula is C20H20FN3O3. The van der Waals surface area contributed by atoms with E-state index in [2.05, 4.69) is 15.5 Å². The van der Waals surface area contributed by atoms with Gasteiger partial charge in [-0.05, 0) is 38.5 Å². The molecular weight excluding hydrogens is 349 g/mol. The average Bonchev–Trinajstić information content (AvgIpc) is 3.09. The number of nitrogens with zero attached hydrogens (tertiary/aromatic N) is 2. The number of nitrogens with one attached hydrogen (secondary N) is 1. The molecule has 1 atom stereocenters. The summed E-state index contributed by atoms with van der Waals surface area (Å²) < 4.78 is 24.1. The number of ether oxygens (including phenoxy) is 1. The van der Waals surface area contributed by atoms with Gasteiger partial charge >= 0.3 is 6.09 Å². The van der Waals surface area contributed by atoms with Gasteiger partial charge in [0, 0.05) is 5.56 Å². The molecule has 0 bridgehead atoms. The van der Waals surface area contributed by atoms with Crippen LogP contribution in [0, 0.1) is 5.82 Å². The number of carbonyl (C=O) groups excluding carboxylic acids is 1. The number of hydrogen-bond donors (Lipinski definition) is 1. The molecule has 0 aliphatic carbocycles. The maximum absolute atomic E-state index is 13.5. The number of hydrogen-bond acceptors (Lipinski definition) is 5. The molecule has 140 valence electrons. The van der Waals surface area contributed by atoms with Gasteiger partial charge in [0.15, 0.2) is 0 Å². The fourth-order valence-corrected chi connectivity index (χ4v) is 2.46. The zero-order chi connectivity index (χ0) is 19.4. The molecule has 0 radical (unpaired) electrons. The van der Waals surface area contributed by atoms with Gasteiger partial charge in [-0.15, -0.1) is 0 Å². The third-order valence-corrected chi connectivity index (χ3v) is 3.57. The summed E-state index contributed by atoms with van der Waals surface area (Å²) in [5.41, 5.74) is 0.583. The smallest absolute Gasteiger partial charge is 0.408 e. The van der Waals surface area contributed by atoms with Gasteiger partial charge in [-0.25, -0.2) is 9.18 Å². The van der Waals surface area contributed by atoms with Crippen molar-refractivity contribution in [3.05, 3.63) is 71.9 Å². The van der Waals surface area contributed by atoms with Gasteiger partial charge < -0.3 is 14.6 Å². The van der Waals surface area contributed by atoms with Crippen LogP contribution in [0.25, 0.3) is 11.4 Å². The Bertz CT molecular complexity index is 919. The maximum atomic E-state index is 13.5. The molecule has 2 aromatic carbocycles. The average molecular weight is 369 g/mol. The van der Waals surface area contributed by atoms with Crippen molar-refractivity contribution in [1.29, 1.82) is 0 Å². The van der Waals surface area contributed by atoms with E-state index >= 15 is 0 Å². The van der Waals surface area contributed by atoms with E-state index in [4.69, 9.17) is 9.26 Å². The Morgan fingerprint density at radius 2 is 1.89 bits per heavy atom. The molecule has 0 saturated carbocycles. The van der Waals surface area contributed by atoms with Crippen LogP contribution in [0.3, 0.4) is 0 Å². The standard InChI is InChI=1S/C20H20FN3O3/c1-20(2,3)26-19(25)22-16(13-8-5-4-6-9-13)18-23-17(24-27-18)14-10-7-11-15(21)12-14/h4-12,16H,1-3H3,(H,22,25). The van der Waals surface area contributed by atoms with E-state index in [1.807, 2.05) is 30.3 Å². The van der Waals surface area contributed by atoms with E-state index in [-0.39, 0.29) is 11.7 Å². The molecule has 0 spiro atoms. The summed E-state index contributed by atoms with van der Waals surface area (Å²) >= 11 is 0. The van der Waals surface area contributed by atoms with Crippen molar-refractivity contribution in [2.75, 3.05) is 0 Å². The second-order valence-electron chi connectivity index (χ2n) is 6.96. The summed E-state index contributed by atoms with van der Waals surface area (Å²) in [6, 6.07) is 14.4. The van der Waals surface area contributed by atoms with Crippen molar-refractivity contribution in [1.82, 2.24) is 15.5 Å². The molecule has 27 heavy (non-hydrogen) atoms. The minimum atomic E-state index is -0.698. The van der Waals surface area contributed by atoms with Crippen molar-refractivity contribution in [2.24, 2.45) is 0 Å². The minimum Gasteiger partial charge on any atom is -0.444 e. The second kappa shape index (κ2) is 7.57. The molecule has 1 N–H and O–H groups in total. The van der Waals surface area contributed by atoms with Crippen LogP contribution in [0.2, 0.25) is 0 Å². The number of carbonyl (C=O) groups is 1. The van der Waals surface area contributed by atoms with Crippen molar-refractivity contribution in [3.8, 4) is 11.4 Å². The normalized spacial score (nSPS) is 12.4. The lowest BCUT2D eigenvalue weighted by atomic mass is 10.1. The van der Waals surface area contributed by atoms with Crippen LogP contribution in [0.1, 0.15) is 38.3 Å². The number of alkyl carbamates (subject to hydrolysis) is 1. The summed E-state index contributed by atoms with van der Waals surface area (Å²) in [4.78, 5) is 16.6. The SMILES string of the molecule is CC(C)(C)OC(=O)NC(c1ccccc1)c1nc(-c2cccc(F)c2)no1. The van der Waals surface area contributed by atoms with Crippen LogP contribution >= 0.6 is 0 Å². The van der Waals surface area contributed by atoms with Crippen molar-refractivity contribution >= 4 is 6.09 Å². The predicted octanol–water partition coefficient (Wildman–Crippen LogP) is 4.49. The largest absolute Gasteiger partial charge is 0.444 e. The fourth-order valence-electron chi connectivity index (χ4n) is 2.46. The molecule has 0 saturated heterocycles. The van der Waals surface area contributed by atoms with Gasteiger partial charge in [0.25, 0.3) is 5.89 Å². The first-order valence-corrected chi connectivity index (χ1v) is 8.46. The Kier molecular flexibility index (Phi) is 5.21. The summed E-state index contributed by atoms with van der Waals surface area (Å²) in [7, 11) is 0. The first kappa shape index (κ1) is 18.6. The lowest BCUT2D eigenvalue weighted by molar-refractivity contribution is 0.0504. The molecule has 1 amide bonds. The summed E-state index contributed by atoms with van der Waals surface area (Å²) in [6.07, 6.45) is -0.609. The summed E-state index contributed by atoms with van der Waals surface area (Å²) in [5.74, 6) is 0.00748. The summed E-state index contributed by atoms with van der Waals surface area (Å²) in [5, 5.41) is 6.66. The van der Waals surface area contributed by atoms with E-state index < -0.39 is 23.6 Å². The topological polar surface area (TPSA) is 77.2 Å². The molecule has 3 aromatic rings. The lowest BCUT2D eigenvalue weighted by Crippen LogP contribution is -2.35. The Morgan fingerprint density at radius 3 is 2.56 bits per heavy atom. The number of aromatic nitrogens is 2. The van der Waals surface area contributed by atoms with Crippen LogP contribution < -0.4 is 5.32 Å². The monoisotopic (exact) mass is 369 g/mol.